The zero-order valence-electron chi connectivity index (χ0n) is 15.9. The first-order valence-electron chi connectivity index (χ1n) is 9.98. The van der Waals surface area contributed by atoms with Gasteiger partial charge in [-0.3, -0.25) is 9.59 Å². The SMILES string of the molecule is O=C1CC(C(=O)N2CCC(C(O)(c3ccccc3)c3ccccc3)CC2)CN1. The number of carbonyl (C=O) groups excluding carboxylic acids is 2. The van der Waals surface area contributed by atoms with Crippen molar-refractivity contribution in [1.29, 1.82) is 0 Å². The highest BCUT2D eigenvalue weighted by atomic mass is 16.3. The van der Waals surface area contributed by atoms with Crippen molar-refractivity contribution in [3.05, 3.63) is 71.8 Å². The lowest BCUT2D eigenvalue weighted by molar-refractivity contribution is -0.138. The van der Waals surface area contributed by atoms with Gasteiger partial charge in [-0.25, -0.2) is 0 Å². The fraction of sp³-hybridized carbons (Fsp3) is 0.391. The van der Waals surface area contributed by atoms with Crippen molar-refractivity contribution in [3.63, 3.8) is 0 Å². The third-order valence-electron chi connectivity index (χ3n) is 6.15. The van der Waals surface area contributed by atoms with Gasteiger partial charge in [0.25, 0.3) is 0 Å². The number of amides is 2. The van der Waals surface area contributed by atoms with Crippen LogP contribution in [0.1, 0.15) is 30.4 Å². The fourth-order valence-corrected chi connectivity index (χ4v) is 4.58. The van der Waals surface area contributed by atoms with E-state index in [1.54, 1.807) is 0 Å². The summed E-state index contributed by atoms with van der Waals surface area (Å²) in [7, 11) is 0. The van der Waals surface area contributed by atoms with Gasteiger partial charge in [0.2, 0.25) is 11.8 Å². The van der Waals surface area contributed by atoms with Crippen molar-refractivity contribution in [2.45, 2.75) is 24.9 Å². The molecule has 2 aliphatic rings. The molecule has 0 bridgehead atoms. The summed E-state index contributed by atoms with van der Waals surface area (Å²) in [6.45, 7) is 1.65. The number of nitrogens with zero attached hydrogens (tertiary/aromatic N) is 1. The van der Waals surface area contributed by atoms with E-state index in [-0.39, 0.29) is 30.1 Å². The Hall–Kier alpha value is -2.66. The van der Waals surface area contributed by atoms with Crippen LogP contribution in [0.2, 0.25) is 0 Å². The summed E-state index contributed by atoms with van der Waals surface area (Å²) in [6, 6.07) is 19.6. The third-order valence-corrected chi connectivity index (χ3v) is 6.15. The molecule has 0 aliphatic carbocycles. The number of hydrogen-bond acceptors (Lipinski definition) is 3. The first-order valence-corrected chi connectivity index (χ1v) is 9.98. The standard InChI is InChI=1S/C23H26N2O3/c26-21-15-17(16-24-21)22(27)25-13-11-20(12-14-25)23(28,18-7-3-1-4-8-18)19-9-5-2-6-10-19/h1-10,17,20,28H,11-16H2,(H,24,26). The van der Waals surface area contributed by atoms with Crippen LogP contribution >= 0.6 is 0 Å². The zero-order chi connectivity index (χ0) is 19.6. The van der Waals surface area contributed by atoms with Crippen LogP contribution in [0.4, 0.5) is 0 Å². The first kappa shape index (κ1) is 18.7. The van der Waals surface area contributed by atoms with Crippen LogP contribution in [0.15, 0.2) is 60.7 Å². The minimum absolute atomic E-state index is 0.0182. The highest BCUT2D eigenvalue weighted by Gasteiger charge is 2.43. The van der Waals surface area contributed by atoms with Crippen LogP contribution in [0.3, 0.4) is 0 Å². The Bertz CT molecular complexity index is 790. The molecule has 28 heavy (non-hydrogen) atoms. The van der Waals surface area contributed by atoms with Crippen LogP contribution in [-0.2, 0) is 15.2 Å². The van der Waals surface area contributed by atoms with E-state index in [4.69, 9.17) is 0 Å². The van der Waals surface area contributed by atoms with E-state index in [2.05, 4.69) is 5.32 Å². The normalized spacial score (nSPS) is 20.8. The van der Waals surface area contributed by atoms with Crippen molar-refractivity contribution in [2.24, 2.45) is 11.8 Å². The van der Waals surface area contributed by atoms with Gasteiger partial charge in [-0.1, -0.05) is 60.7 Å². The molecule has 2 aliphatic heterocycles. The van der Waals surface area contributed by atoms with Gasteiger partial charge in [-0.05, 0) is 29.9 Å². The van der Waals surface area contributed by atoms with Gasteiger partial charge in [0.05, 0.1) is 5.92 Å². The molecule has 0 radical (unpaired) electrons. The monoisotopic (exact) mass is 378 g/mol. The summed E-state index contributed by atoms with van der Waals surface area (Å²) in [5, 5.41) is 14.6. The summed E-state index contributed by atoms with van der Waals surface area (Å²) in [5.41, 5.74) is 0.691. The number of aliphatic hydroxyl groups is 1. The van der Waals surface area contributed by atoms with Crippen molar-refractivity contribution >= 4 is 11.8 Å². The number of likely N-dealkylation sites (tertiary alicyclic amines) is 1. The maximum atomic E-state index is 12.7. The molecule has 146 valence electrons. The number of benzene rings is 2. The summed E-state index contributed by atoms with van der Waals surface area (Å²) < 4.78 is 0. The molecule has 2 saturated heterocycles. The largest absolute Gasteiger partial charge is 0.380 e. The molecule has 0 saturated carbocycles. The van der Waals surface area contributed by atoms with E-state index in [0.717, 1.165) is 24.0 Å². The van der Waals surface area contributed by atoms with Gasteiger partial charge in [-0.2, -0.15) is 0 Å². The zero-order valence-corrected chi connectivity index (χ0v) is 15.9. The molecule has 5 heteroatoms. The Morgan fingerprint density at radius 1 is 0.964 bits per heavy atom. The van der Waals surface area contributed by atoms with Crippen LogP contribution < -0.4 is 5.32 Å². The molecule has 2 N–H and O–H groups in total. The van der Waals surface area contributed by atoms with Crippen molar-refractivity contribution in [3.8, 4) is 0 Å². The van der Waals surface area contributed by atoms with Crippen LogP contribution in [0.25, 0.3) is 0 Å². The summed E-state index contributed by atoms with van der Waals surface area (Å²) in [4.78, 5) is 26.0. The Kier molecular flexibility index (Phi) is 5.18. The maximum Gasteiger partial charge on any atom is 0.227 e. The van der Waals surface area contributed by atoms with Crippen LogP contribution in [0, 0.1) is 11.8 Å². The van der Waals surface area contributed by atoms with Gasteiger partial charge in [0.1, 0.15) is 5.60 Å². The molecule has 0 spiro atoms. The first-order chi connectivity index (χ1) is 13.6. The Balaban J connectivity index is 1.53. The van der Waals surface area contributed by atoms with Gasteiger partial charge < -0.3 is 15.3 Å². The van der Waals surface area contributed by atoms with E-state index >= 15 is 0 Å². The highest BCUT2D eigenvalue weighted by Crippen LogP contribution is 2.42. The Morgan fingerprint density at radius 3 is 1.96 bits per heavy atom. The third kappa shape index (κ3) is 3.42. The summed E-state index contributed by atoms with van der Waals surface area (Å²) in [5.74, 6) is -0.216. The molecular formula is C23H26N2O3. The predicted octanol–water partition coefficient (Wildman–Crippen LogP) is 2.30. The quantitative estimate of drug-likeness (QED) is 0.858. The molecule has 2 amide bonds. The predicted molar refractivity (Wildman–Crippen MR) is 106 cm³/mol. The van der Waals surface area contributed by atoms with Crippen molar-refractivity contribution in [1.82, 2.24) is 10.2 Å². The topological polar surface area (TPSA) is 69.6 Å². The smallest absolute Gasteiger partial charge is 0.227 e. The second-order valence-corrected chi connectivity index (χ2v) is 7.80. The molecule has 2 fully saturated rings. The lowest BCUT2D eigenvalue weighted by Gasteiger charge is -2.42. The minimum Gasteiger partial charge on any atom is -0.380 e. The van der Waals surface area contributed by atoms with Gasteiger partial charge in [-0.15, -0.1) is 0 Å². The van der Waals surface area contributed by atoms with Crippen molar-refractivity contribution < 1.29 is 14.7 Å². The van der Waals surface area contributed by atoms with Crippen LogP contribution in [-0.4, -0.2) is 41.5 Å². The van der Waals surface area contributed by atoms with E-state index < -0.39 is 5.60 Å². The molecule has 2 aromatic carbocycles. The number of nitrogens with one attached hydrogen (secondary N) is 1. The number of piperidine rings is 1. The van der Waals surface area contributed by atoms with Crippen molar-refractivity contribution in [2.75, 3.05) is 19.6 Å². The van der Waals surface area contributed by atoms with E-state index in [9.17, 15) is 14.7 Å². The number of rotatable bonds is 4. The fourth-order valence-electron chi connectivity index (χ4n) is 4.58. The second kappa shape index (κ2) is 7.76. The minimum atomic E-state index is -1.08. The Labute approximate surface area is 165 Å². The summed E-state index contributed by atoms with van der Waals surface area (Å²) in [6.07, 6.45) is 1.73. The van der Waals surface area contributed by atoms with E-state index in [0.29, 0.717) is 19.6 Å². The Morgan fingerprint density at radius 2 is 1.50 bits per heavy atom. The van der Waals surface area contributed by atoms with E-state index in [1.165, 1.54) is 0 Å². The average molecular weight is 378 g/mol. The second-order valence-electron chi connectivity index (χ2n) is 7.80. The molecule has 2 heterocycles. The molecule has 5 nitrogen and oxygen atoms in total. The van der Waals surface area contributed by atoms with E-state index in [1.807, 2.05) is 65.6 Å². The summed E-state index contributed by atoms with van der Waals surface area (Å²) >= 11 is 0. The highest BCUT2D eigenvalue weighted by molar-refractivity contribution is 5.89. The average Bonchev–Trinajstić information content (AvgIpc) is 3.20. The lowest BCUT2D eigenvalue weighted by atomic mass is 9.72. The molecule has 4 rings (SSSR count). The lowest BCUT2D eigenvalue weighted by Crippen LogP contribution is -2.47. The van der Waals surface area contributed by atoms with Gasteiger partial charge in [0, 0.05) is 26.1 Å². The van der Waals surface area contributed by atoms with Gasteiger partial charge in [0.15, 0.2) is 0 Å². The number of carbonyl (C=O) groups is 2. The molecule has 0 aromatic heterocycles. The molecule has 1 unspecified atom stereocenters. The maximum absolute atomic E-state index is 12.7. The van der Waals surface area contributed by atoms with Crippen LogP contribution in [0.5, 0.6) is 0 Å². The molecule has 1 atom stereocenters. The molecule has 2 aromatic rings. The number of hydrogen-bond donors (Lipinski definition) is 2. The van der Waals surface area contributed by atoms with Gasteiger partial charge >= 0.3 is 0 Å². The molecular weight excluding hydrogens is 352 g/mol.